The summed E-state index contributed by atoms with van der Waals surface area (Å²) in [5.74, 6) is 7.33. The minimum absolute atomic E-state index is 0.300. The van der Waals surface area contributed by atoms with Crippen LogP contribution in [-0.4, -0.2) is 29.2 Å². The number of nitrogens with zero attached hydrogens (tertiary/aromatic N) is 2. The van der Waals surface area contributed by atoms with Crippen molar-refractivity contribution in [3.8, 4) is 0 Å². The van der Waals surface area contributed by atoms with Crippen LogP contribution in [0.25, 0.3) is 0 Å². The molecular formula is C14H27N5O. The molecule has 0 saturated carbocycles. The topological polar surface area (TPSA) is 85.1 Å². The Hall–Kier alpha value is -1.40. The molecule has 0 aromatic carbocycles. The van der Waals surface area contributed by atoms with Crippen LogP contribution in [0.15, 0.2) is 6.33 Å². The number of nitrogen functional groups attached to an aromatic ring is 1. The van der Waals surface area contributed by atoms with E-state index >= 15 is 0 Å². The maximum Gasteiger partial charge on any atom is 0.148 e. The van der Waals surface area contributed by atoms with E-state index in [2.05, 4.69) is 48.4 Å². The number of aromatic nitrogens is 2. The van der Waals surface area contributed by atoms with Crippen molar-refractivity contribution >= 4 is 11.6 Å². The molecule has 0 fully saturated rings. The van der Waals surface area contributed by atoms with Gasteiger partial charge in [-0.25, -0.2) is 15.8 Å². The Balaban J connectivity index is 2.47. The SMILES string of the molecule is CC(C)OCCCCNc1ncnc(NN)c1C(C)C. The van der Waals surface area contributed by atoms with Gasteiger partial charge in [-0.15, -0.1) is 0 Å². The number of unbranched alkanes of at least 4 members (excludes halogenated alkanes) is 1. The zero-order valence-electron chi connectivity index (χ0n) is 12.9. The average Bonchev–Trinajstić information content (AvgIpc) is 2.41. The maximum atomic E-state index is 5.51. The van der Waals surface area contributed by atoms with Crippen molar-refractivity contribution < 1.29 is 4.74 Å². The van der Waals surface area contributed by atoms with Gasteiger partial charge in [0.2, 0.25) is 0 Å². The second-order valence-electron chi connectivity index (χ2n) is 5.34. The van der Waals surface area contributed by atoms with Gasteiger partial charge in [-0.05, 0) is 32.6 Å². The van der Waals surface area contributed by atoms with Crippen LogP contribution in [0, 0.1) is 0 Å². The number of ether oxygens (including phenoxy) is 1. The molecule has 0 aliphatic carbocycles. The Kier molecular flexibility index (Phi) is 7.25. The Bertz CT molecular complexity index is 395. The molecule has 0 spiro atoms. The quantitative estimate of drug-likeness (QED) is 0.366. The molecule has 6 nitrogen and oxygen atoms in total. The summed E-state index contributed by atoms with van der Waals surface area (Å²) in [7, 11) is 0. The van der Waals surface area contributed by atoms with Gasteiger partial charge >= 0.3 is 0 Å². The molecule has 0 bridgehead atoms. The summed E-state index contributed by atoms with van der Waals surface area (Å²) in [6.07, 6.45) is 3.90. The standard InChI is InChI=1S/C14H27N5O/c1-10(2)12-13(17-9-18-14(12)19-15)16-7-5-6-8-20-11(3)4/h9-11H,5-8,15H2,1-4H3,(H2,16,17,18,19). The highest BCUT2D eigenvalue weighted by Gasteiger charge is 2.13. The first-order valence-corrected chi connectivity index (χ1v) is 7.23. The largest absolute Gasteiger partial charge is 0.379 e. The van der Waals surface area contributed by atoms with E-state index in [1.54, 1.807) is 0 Å². The van der Waals surface area contributed by atoms with Gasteiger partial charge in [0.1, 0.15) is 18.0 Å². The molecule has 0 unspecified atom stereocenters. The van der Waals surface area contributed by atoms with E-state index in [-0.39, 0.29) is 0 Å². The van der Waals surface area contributed by atoms with Crippen LogP contribution >= 0.6 is 0 Å². The smallest absolute Gasteiger partial charge is 0.148 e. The number of rotatable bonds is 9. The fourth-order valence-electron chi connectivity index (χ4n) is 1.95. The minimum Gasteiger partial charge on any atom is -0.379 e. The summed E-state index contributed by atoms with van der Waals surface area (Å²) in [4.78, 5) is 8.45. The van der Waals surface area contributed by atoms with Crippen LogP contribution in [0.4, 0.5) is 11.6 Å². The van der Waals surface area contributed by atoms with Crippen molar-refractivity contribution in [1.29, 1.82) is 0 Å². The lowest BCUT2D eigenvalue weighted by molar-refractivity contribution is 0.0765. The first kappa shape index (κ1) is 16.7. The summed E-state index contributed by atoms with van der Waals surface area (Å²) in [6.45, 7) is 9.96. The van der Waals surface area contributed by atoms with E-state index in [4.69, 9.17) is 10.6 Å². The van der Waals surface area contributed by atoms with Crippen LogP contribution in [0.2, 0.25) is 0 Å². The van der Waals surface area contributed by atoms with Crippen molar-refractivity contribution in [2.75, 3.05) is 23.9 Å². The summed E-state index contributed by atoms with van der Waals surface area (Å²) >= 11 is 0. The highest BCUT2D eigenvalue weighted by atomic mass is 16.5. The second kappa shape index (κ2) is 8.71. The molecule has 1 rings (SSSR count). The highest BCUT2D eigenvalue weighted by molar-refractivity contribution is 5.58. The van der Waals surface area contributed by atoms with Crippen LogP contribution < -0.4 is 16.6 Å². The molecule has 1 heterocycles. The predicted octanol–water partition coefficient (Wildman–Crippen LogP) is 2.50. The number of anilines is 2. The molecule has 0 aliphatic heterocycles. The van der Waals surface area contributed by atoms with E-state index < -0.39 is 0 Å². The zero-order valence-corrected chi connectivity index (χ0v) is 12.9. The summed E-state index contributed by atoms with van der Waals surface area (Å²) in [5.41, 5.74) is 3.65. The van der Waals surface area contributed by atoms with Crippen LogP contribution in [0.5, 0.6) is 0 Å². The van der Waals surface area contributed by atoms with Crippen LogP contribution in [0.3, 0.4) is 0 Å². The molecule has 0 saturated heterocycles. The van der Waals surface area contributed by atoms with Gasteiger partial charge in [0.25, 0.3) is 0 Å². The molecule has 114 valence electrons. The zero-order chi connectivity index (χ0) is 15.0. The molecule has 0 atom stereocenters. The first-order valence-electron chi connectivity index (χ1n) is 7.23. The van der Waals surface area contributed by atoms with Gasteiger partial charge in [0.15, 0.2) is 0 Å². The van der Waals surface area contributed by atoms with Crippen molar-refractivity contribution in [3.63, 3.8) is 0 Å². The Morgan fingerprint density at radius 1 is 1.15 bits per heavy atom. The maximum absolute atomic E-state index is 5.51. The van der Waals surface area contributed by atoms with E-state index in [0.717, 1.165) is 37.4 Å². The van der Waals surface area contributed by atoms with Gasteiger partial charge in [-0.2, -0.15) is 0 Å². The van der Waals surface area contributed by atoms with Crippen molar-refractivity contribution in [3.05, 3.63) is 11.9 Å². The Labute approximate surface area is 121 Å². The molecule has 0 aliphatic rings. The number of hydrogen-bond acceptors (Lipinski definition) is 6. The van der Waals surface area contributed by atoms with Gasteiger partial charge < -0.3 is 15.5 Å². The van der Waals surface area contributed by atoms with Crippen molar-refractivity contribution in [2.45, 2.75) is 52.6 Å². The third-order valence-electron chi connectivity index (χ3n) is 2.91. The van der Waals surface area contributed by atoms with Gasteiger partial charge in [0.05, 0.1) is 6.10 Å². The van der Waals surface area contributed by atoms with E-state index in [1.165, 1.54) is 6.33 Å². The molecule has 1 aromatic heterocycles. The molecule has 6 heteroatoms. The van der Waals surface area contributed by atoms with Crippen molar-refractivity contribution in [1.82, 2.24) is 9.97 Å². The highest BCUT2D eigenvalue weighted by Crippen LogP contribution is 2.27. The van der Waals surface area contributed by atoms with Crippen LogP contribution in [0.1, 0.15) is 52.0 Å². The van der Waals surface area contributed by atoms with Crippen LogP contribution in [-0.2, 0) is 4.74 Å². The summed E-state index contributed by atoms with van der Waals surface area (Å²) < 4.78 is 5.51. The predicted molar refractivity (Wildman–Crippen MR) is 82.7 cm³/mol. The third kappa shape index (κ3) is 5.30. The summed E-state index contributed by atoms with van der Waals surface area (Å²) in [6, 6.07) is 0. The number of hydrogen-bond donors (Lipinski definition) is 3. The van der Waals surface area contributed by atoms with E-state index in [0.29, 0.717) is 17.8 Å². The lowest BCUT2D eigenvalue weighted by Gasteiger charge is -2.16. The van der Waals surface area contributed by atoms with E-state index in [9.17, 15) is 0 Å². The number of nitrogens with one attached hydrogen (secondary N) is 2. The monoisotopic (exact) mass is 281 g/mol. The normalized spacial score (nSPS) is 11.2. The van der Waals surface area contributed by atoms with Crippen molar-refractivity contribution in [2.24, 2.45) is 5.84 Å². The number of hydrazine groups is 1. The lowest BCUT2D eigenvalue weighted by atomic mass is 10.0. The summed E-state index contributed by atoms with van der Waals surface area (Å²) in [5, 5.41) is 3.36. The Morgan fingerprint density at radius 3 is 2.45 bits per heavy atom. The molecule has 0 amide bonds. The van der Waals surface area contributed by atoms with Gasteiger partial charge in [-0.3, -0.25) is 0 Å². The fraction of sp³-hybridized carbons (Fsp3) is 0.714. The Morgan fingerprint density at radius 2 is 1.85 bits per heavy atom. The lowest BCUT2D eigenvalue weighted by Crippen LogP contribution is -2.15. The van der Waals surface area contributed by atoms with Gasteiger partial charge in [0, 0.05) is 18.7 Å². The molecule has 4 N–H and O–H groups in total. The van der Waals surface area contributed by atoms with E-state index in [1.807, 2.05) is 0 Å². The average molecular weight is 281 g/mol. The molecular weight excluding hydrogens is 254 g/mol. The van der Waals surface area contributed by atoms with Gasteiger partial charge in [-0.1, -0.05) is 13.8 Å². The second-order valence-corrected chi connectivity index (χ2v) is 5.34. The fourth-order valence-corrected chi connectivity index (χ4v) is 1.95. The molecule has 1 aromatic rings. The number of nitrogens with two attached hydrogens (primary N) is 1. The minimum atomic E-state index is 0.300. The first-order chi connectivity index (χ1) is 9.56. The third-order valence-corrected chi connectivity index (χ3v) is 2.91. The molecule has 0 radical (unpaired) electrons. The molecule has 20 heavy (non-hydrogen) atoms.